The molecule has 0 bridgehead atoms. The van der Waals surface area contributed by atoms with E-state index in [1.807, 2.05) is 0 Å². The predicted molar refractivity (Wildman–Crippen MR) is 144 cm³/mol. The molecule has 0 amide bonds. The molecule has 4 heterocycles. The van der Waals surface area contributed by atoms with Crippen LogP contribution in [0.4, 0.5) is 30.8 Å². The monoisotopic (exact) mass is 555 g/mol. The van der Waals surface area contributed by atoms with E-state index in [1.165, 1.54) is 23.0 Å². The topological polar surface area (TPSA) is 115 Å². The summed E-state index contributed by atoms with van der Waals surface area (Å²) in [5, 5.41) is 6.69. The summed E-state index contributed by atoms with van der Waals surface area (Å²) in [6.45, 7) is 4.56. The van der Waals surface area contributed by atoms with Gasteiger partial charge in [-0.2, -0.15) is 23.1 Å². The van der Waals surface area contributed by atoms with E-state index in [0.29, 0.717) is 23.1 Å². The lowest BCUT2D eigenvalue weighted by atomic mass is 10.1. The van der Waals surface area contributed by atoms with Crippen molar-refractivity contribution in [3.63, 3.8) is 0 Å². The van der Waals surface area contributed by atoms with Crippen molar-refractivity contribution >= 4 is 28.6 Å². The third kappa shape index (κ3) is 6.22. The minimum Gasteiger partial charge on any atom is -0.484 e. The van der Waals surface area contributed by atoms with E-state index >= 15 is 0 Å². The lowest BCUT2D eigenvalue weighted by molar-refractivity contribution is -0.153. The fraction of sp³-hybridized carbons (Fsp3) is 0.346. The Morgan fingerprint density at radius 1 is 1.10 bits per heavy atom. The van der Waals surface area contributed by atoms with Crippen molar-refractivity contribution in [1.82, 2.24) is 34.2 Å². The molecule has 2 N–H and O–H groups in total. The fourth-order valence-electron chi connectivity index (χ4n) is 4.41. The summed E-state index contributed by atoms with van der Waals surface area (Å²) >= 11 is 0. The van der Waals surface area contributed by atoms with Crippen LogP contribution in [0.15, 0.2) is 60.2 Å². The standard InChI is InChI=1S/C26H28F3N9O2/c1-3-12-37-23(39)20-15-31-25(32-17-4-6-19(7-5-17)40-16-26(27,28)29)35-22(20)38(37)21-8-11-30-24(34-21)33-18-9-13-36(2)14-10-18/h3-8,11,15,18H,1,9-10,12-14,16H2,2H3,(H,30,33,34)(H,31,32,35). The molecular weight excluding hydrogens is 527 g/mol. The highest BCUT2D eigenvalue weighted by Crippen LogP contribution is 2.23. The van der Waals surface area contributed by atoms with E-state index < -0.39 is 12.8 Å². The van der Waals surface area contributed by atoms with Gasteiger partial charge in [0.05, 0.1) is 6.54 Å². The summed E-state index contributed by atoms with van der Waals surface area (Å²) in [5.74, 6) is 1.14. The van der Waals surface area contributed by atoms with E-state index in [2.05, 4.69) is 49.1 Å². The Kier molecular flexibility index (Phi) is 7.69. The number of benzene rings is 1. The third-order valence-electron chi connectivity index (χ3n) is 6.40. The molecule has 3 aromatic heterocycles. The van der Waals surface area contributed by atoms with Gasteiger partial charge in [0, 0.05) is 30.2 Å². The molecule has 1 aliphatic rings. The Hall–Kier alpha value is -4.46. The Bertz CT molecular complexity index is 1540. The number of fused-ring (bicyclic) bond motifs is 1. The Labute approximate surface area is 227 Å². The summed E-state index contributed by atoms with van der Waals surface area (Å²) in [7, 11) is 2.09. The molecule has 4 aromatic rings. The Balaban J connectivity index is 1.44. The van der Waals surface area contributed by atoms with Crippen molar-refractivity contribution in [2.45, 2.75) is 31.6 Å². The number of anilines is 3. The molecule has 1 saturated heterocycles. The fourth-order valence-corrected chi connectivity index (χ4v) is 4.41. The molecule has 40 heavy (non-hydrogen) atoms. The molecule has 1 fully saturated rings. The number of alkyl halides is 3. The maximum absolute atomic E-state index is 13.2. The molecule has 0 atom stereocenters. The largest absolute Gasteiger partial charge is 0.484 e. The van der Waals surface area contributed by atoms with E-state index in [0.717, 1.165) is 25.9 Å². The summed E-state index contributed by atoms with van der Waals surface area (Å²) in [5.41, 5.74) is 0.527. The summed E-state index contributed by atoms with van der Waals surface area (Å²) in [4.78, 5) is 33.4. The second-order valence-electron chi connectivity index (χ2n) is 9.43. The zero-order chi connectivity index (χ0) is 28.3. The molecule has 1 aliphatic heterocycles. The molecule has 0 saturated carbocycles. The average molecular weight is 556 g/mol. The van der Waals surface area contributed by atoms with Gasteiger partial charge in [-0.1, -0.05) is 6.08 Å². The van der Waals surface area contributed by atoms with Gasteiger partial charge >= 0.3 is 6.18 Å². The van der Waals surface area contributed by atoms with Crippen LogP contribution in [-0.4, -0.2) is 73.2 Å². The maximum Gasteiger partial charge on any atom is 0.422 e. The van der Waals surface area contributed by atoms with Crippen LogP contribution in [0.25, 0.3) is 16.9 Å². The lowest BCUT2D eigenvalue weighted by Crippen LogP contribution is -2.37. The number of allylic oxidation sites excluding steroid dienone is 1. The van der Waals surface area contributed by atoms with Crippen LogP contribution in [-0.2, 0) is 6.54 Å². The Morgan fingerprint density at radius 2 is 1.85 bits per heavy atom. The van der Waals surface area contributed by atoms with Crippen molar-refractivity contribution in [1.29, 1.82) is 0 Å². The molecule has 1 aromatic carbocycles. The minimum atomic E-state index is -4.43. The summed E-state index contributed by atoms with van der Waals surface area (Å²) in [6, 6.07) is 7.83. The van der Waals surface area contributed by atoms with Gasteiger partial charge in [0.2, 0.25) is 11.9 Å². The predicted octanol–water partition coefficient (Wildman–Crippen LogP) is 3.75. The van der Waals surface area contributed by atoms with Gasteiger partial charge in [0.25, 0.3) is 5.56 Å². The van der Waals surface area contributed by atoms with Crippen LogP contribution in [0.5, 0.6) is 5.75 Å². The number of rotatable bonds is 9. The molecule has 14 heteroatoms. The zero-order valence-electron chi connectivity index (χ0n) is 21.7. The first kappa shape index (κ1) is 27.1. The first-order chi connectivity index (χ1) is 19.2. The SMILES string of the molecule is C=CCn1c(=O)c2cnc(Nc3ccc(OCC(F)(F)F)cc3)nc2n1-c1ccnc(NC2CCN(C)CC2)n1. The number of nitrogens with one attached hydrogen (secondary N) is 2. The molecular formula is C26H28F3N9O2. The van der Waals surface area contributed by atoms with Crippen LogP contribution in [0.1, 0.15) is 12.8 Å². The highest BCUT2D eigenvalue weighted by Gasteiger charge is 2.28. The van der Waals surface area contributed by atoms with Crippen LogP contribution in [0.3, 0.4) is 0 Å². The smallest absolute Gasteiger partial charge is 0.422 e. The first-order valence-electron chi connectivity index (χ1n) is 12.6. The van der Waals surface area contributed by atoms with Gasteiger partial charge < -0.3 is 20.3 Å². The highest BCUT2D eigenvalue weighted by atomic mass is 19.4. The van der Waals surface area contributed by atoms with Gasteiger partial charge in [-0.25, -0.2) is 19.3 Å². The minimum absolute atomic E-state index is 0.0722. The van der Waals surface area contributed by atoms with E-state index in [-0.39, 0.29) is 35.2 Å². The molecule has 0 aliphatic carbocycles. The van der Waals surface area contributed by atoms with Crippen molar-refractivity contribution < 1.29 is 17.9 Å². The number of piperidine rings is 1. The van der Waals surface area contributed by atoms with E-state index in [4.69, 9.17) is 4.74 Å². The average Bonchev–Trinajstić information content (AvgIpc) is 3.20. The molecule has 0 spiro atoms. The molecule has 0 unspecified atom stereocenters. The number of nitrogens with zero attached hydrogens (tertiary/aromatic N) is 7. The number of hydrogen-bond donors (Lipinski definition) is 2. The quantitative estimate of drug-likeness (QED) is 0.298. The highest BCUT2D eigenvalue weighted by molar-refractivity contribution is 5.77. The van der Waals surface area contributed by atoms with Crippen LogP contribution in [0, 0.1) is 0 Å². The lowest BCUT2D eigenvalue weighted by Gasteiger charge is -2.29. The first-order valence-corrected chi connectivity index (χ1v) is 12.6. The molecule has 210 valence electrons. The van der Waals surface area contributed by atoms with Crippen molar-refractivity contribution in [2.24, 2.45) is 0 Å². The number of ether oxygens (including phenoxy) is 1. The second kappa shape index (κ2) is 11.3. The third-order valence-corrected chi connectivity index (χ3v) is 6.40. The van der Waals surface area contributed by atoms with Crippen LogP contribution in [0.2, 0.25) is 0 Å². The summed E-state index contributed by atoms with van der Waals surface area (Å²) < 4.78 is 45.0. The molecule has 0 radical (unpaired) electrons. The normalized spacial score (nSPS) is 14.8. The van der Waals surface area contributed by atoms with Crippen molar-refractivity contribution in [2.75, 3.05) is 37.4 Å². The van der Waals surface area contributed by atoms with E-state index in [1.54, 1.807) is 35.2 Å². The molecule has 5 rings (SSSR count). The van der Waals surface area contributed by atoms with Gasteiger partial charge in [-0.05, 0) is 57.2 Å². The summed E-state index contributed by atoms with van der Waals surface area (Å²) in [6.07, 6.45) is 2.15. The zero-order valence-corrected chi connectivity index (χ0v) is 21.7. The Morgan fingerprint density at radius 3 is 2.55 bits per heavy atom. The van der Waals surface area contributed by atoms with Gasteiger partial charge in [-0.3, -0.25) is 4.79 Å². The number of likely N-dealkylation sites (tertiary alicyclic amines) is 1. The van der Waals surface area contributed by atoms with Crippen molar-refractivity contribution in [3.05, 3.63) is 65.7 Å². The number of hydrogen-bond acceptors (Lipinski definition) is 9. The van der Waals surface area contributed by atoms with Crippen molar-refractivity contribution in [3.8, 4) is 11.6 Å². The van der Waals surface area contributed by atoms with E-state index in [9.17, 15) is 18.0 Å². The molecule has 11 nitrogen and oxygen atoms in total. The van der Waals surface area contributed by atoms with Gasteiger partial charge in [0.15, 0.2) is 18.1 Å². The maximum atomic E-state index is 13.2. The van der Waals surface area contributed by atoms with Crippen LogP contribution < -0.4 is 20.9 Å². The van der Waals surface area contributed by atoms with Gasteiger partial charge in [-0.15, -0.1) is 6.58 Å². The van der Waals surface area contributed by atoms with Gasteiger partial charge in [0.1, 0.15) is 11.1 Å². The number of halogens is 3. The second-order valence-corrected chi connectivity index (χ2v) is 9.43. The van der Waals surface area contributed by atoms with Crippen LogP contribution >= 0.6 is 0 Å². The number of aromatic nitrogens is 6.